The maximum Gasteiger partial charge on any atom is 0.574 e. The lowest BCUT2D eigenvalue weighted by Gasteiger charge is -2.13. The SMILES string of the molecule is COc1cc(CCl)c(OC(F)(F)F)nc1C(=O)O. The lowest BCUT2D eigenvalue weighted by atomic mass is 10.2. The highest BCUT2D eigenvalue weighted by atomic mass is 35.5. The first kappa shape index (κ1) is 14.4. The Labute approximate surface area is 104 Å². The van der Waals surface area contributed by atoms with Crippen LogP contribution < -0.4 is 9.47 Å². The normalized spacial score (nSPS) is 11.2. The minimum absolute atomic E-state index is 0.129. The predicted molar refractivity (Wildman–Crippen MR) is 54.0 cm³/mol. The molecule has 100 valence electrons. The summed E-state index contributed by atoms with van der Waals surface area (Å²) < 4.78 is 44.6. The number of carboxylic acid groups (broad SMARTS) is 1. The Balaban J connectivity index is 3.32. The van der Waals surface area contributed by atoms with Crippen molar-refractivity contribution in [2.45, 2.75) is 12.2 Å². The zero-order valence-electron chi connectivity index (χ0n) is 8.92. The Morgan fingerprint density at radius 1 is 1.56 bits per heavy atom. The summed E-state index contributed by atoms with van der Waals surface area (Å²) in [6, 6.07) is 1.03. The number of rotatable bonds is 4. The number of hydrogen-bond acceptors (Lipinski definition) is 4. The molecule has 0 aliphatic carbocycles. The summed E-state index contributed by atoms with van der Waals surface area (Å²) in [5.41, 5.74) is -0.818. The van der Waals surface area contributed by atoms with Gasteiger partial charge in [0.25, 0.3) is 0 Å². The van der Waals surface area contributed by atoms with Crippen LogP contribution in [-0.4, -0.2) is 29.5 Å². The van der Waals surface area contributed by atoms with Gasteiger partial charge in [0.2, 0.25) is 5.88 Å². The summed E-state index contributed by atoms with van der Waals surface area (Å²) in [6.07, 6.45) is -4.99. The molecule has 9 heteroatoms. The van der Waals surface area contributed by atoms with E-state index in [1.807, 2.05) is 0 Å². The quantitative estimate of drug-likeness (QED) is 0.861. The number of pyridine rings is 1. The van der Waals surface area contributed by atoms with E-state index in [-0.39, 0.29) is 17.2 Å². The molecule has 1 aromatic rings. The van der Waals surface area contributed by atoms with Crippen LogP contribution in [0.3, 0.4) is 0 Å². The molecule has 0 aliphatic rings. The number of nitrogens with zero attached hydrogens (tertiary/aromatic N) is 1. The number of carbonyl (C=O) groups is 1. The summed E-state index contributed by atoms with van der Waals surface area (Å²) in [7, 11) is 1.16. The molecular formula is C9H7ClF3NO4. The summed E-state index contributed by atoms with van der Waals surface area (Å²) in [5.74, 6) is -2.99. The van der Waals surface area contributed by atoms with Crippen molar-refractivity contribution in [1.82, 2.24) is 4.98 Å². The standard InChI is InChI=1S/C9H7ClF3NO4/c1-17-5-2-4(3-10)7(18-9(11,12)13)14-6(5)8(15)16/h2H,3H2,1H3,(H,15,16). The van der Waals surface area contributed by atoms with Gasteiger partial charge in [0.05, 0.1) is 13.0 Å². The largest absolute Gasteiger partial charge is 0.574 e. The van der Waals surface area contributed by atoms with Gasteiger partial charge in [0.15, 0.2) is 11.4 Å². The number of halogens is 4. The molecule has 18 heavy (non-hydrogen) atoms. The molecule has 0 unspecified atom stereocenters. The highest BCUT2D eigenvalue weighted by molar-refractivity contribution is 6.17. The van der Waals surface area contributed by atoms with E-state index >= 15 is 0 Å². The molecule has 1 heterocycles. The van der Waals surface area contributed by atoms with Crippen molar-refractivity contribution in [3.63, 3.8) is 0 Å². The molecule has 1 rings (SSSR count). The molecular weight excluding hydrogens is 279 g/mol. The van der Waals surface area contributed by atoms with E-state index in [2.05, 4.69) is 9.72 Å². The highest BCUT2D eigenvalue weighted by Gasteiger charge is 2.34. The molecule has 0 fully saturated rings. The van der Waals surface area contributed by atoms with Crippen molar-refractivity contribution < 1.29 is 32.5 Å². The average molecular weight is 286 g/mol. The maximum atomic E-state index is 12.1. The maximum absolute atomic E-state index is 12.1. The Bertz CT molecular complexity index is 464. The summed E-state index contributed by atoms with van der Waals surface area (Å²) >= 11 is 5.43. The van der Waals surface area contributed by atoms with Gasteiger partial charge in [-0.1, -0.05) is 0 Å². The first-order valence-corrected chi connectivity index (χ1v) is 4.95. The number of ether oxygens (including phenoxy) is 2. The third kappa shape index (κ3) is 3.39. The van der Waals surface area contributed by atoms with Gasteiger partial charge in [-0.05, 0) is 6.07 Å². The summed E-state index contributed by atoms with van der Waals surface area (Å²) in [5, 5.41) is 8.77. The van der Waals surface area contributed by atoms with Crippen molar-refractivity contribution in [1.29, 1.82) is 0 Å². The number of hydrogen-bond donors (Lipinski definition) is 1. The van der Waals surface area contributed by atoms with Crippen LogP contribution in [0.15, 0.2) is 6.07 Å². The van der Waals surface area contributed by atoms with Crippen LogP contribution in [0.2, 0.25) is 0 Å². The third-order valence-electron chi connectivity index (χ3n) is 1.81. The van der Waals surface area contributed by atoms with Crippen LogP contribution in [0.1, 0.15) is 16.1 Å². The number of alkyl halides is 4. The van der Waals surface area contributed by atoms with Gasteiger partial charge in [0.1, 0.15) is 0 Å². The van der Waals surface area contributed by atoms with Crippen LogP contribution in [0.4, 0.5) is 13.2 Å². The molecule has 0 bridgehead atoms. The van der Waals surface area contributed by atoms with Crippen molar-refractivity contribution in [3.8, 4) is 11.6 Å². The molecule has 0 atom stereocenters. The second-order valence-corrected chi connectivity index (χ2v) is 3.26. The van der Waals surface area contributed by atoms with Gasteiger partial charge in [-0.3, -0.25) is 0 Å². The number of aromatic nitrogens is 1. The fourth-order valence-electron chi connectivity index (χ4n) is 1.12. The average Bonchev–Trinajstić information content (AvgIpc) is 2.26. The zero-order chi connectivity index (χ0) is 13.9. The molecule has 0 amide bonds. The summed E-state index contributed by atoms with van der Waals surface area (Å²) in [4.78, 5) is 14.0. The van der Waals surface area contributed by atoms with E-state index in [0.29, 0.717) is 0 Å². The number of carboxylic acids is 1. The van der Waals surface area contributed by atoms with Crippen molar-refractivity contribution in [3.05, 3.63) is 17.3 Å². The first-order chi connectivity index (χ1) is 8.28. The van der Waals surface area contributed by atoms with E-state index in [0.717, 1.165) is 13.2 Å². The molecule has 0 spiro atoms. The van der Waals surface area contributed by atoms with Gasteiger partial charge in [0, 0.05) is 5.56 Å². The van der Waals surface area contributed by atoms with Crippen molar-refractivity contribution in [2.24, 2.45) is 0 Å². The lowest BCUT2D eigenvalue weighted by molar-refractivity contribution is -0.276. The van der Waals surface area contributed by atoms with Crippen LogP contribution in [-0.2, 0) is 5.88 Å². The van der Waals surface area contributed by atoms with Gasteiger partial charge < -0.3 is 14.6 Å². The van der Waals surface area contributed by atoms with Crippen LogP contribution in [0.5, 0.6) is 11.6 Å². The predicted octanol–water partition coefficient (Wildman–Crippen LogP) is 2.43. The highest BCUT2D eigenvalue weighted by Crippen LogP contribution is 2.30. The molecule has 1 N–H and O–H groups in total. The van der Waals surface area contributed by atoms with E-state index in [1.54, 1.807) is 0 Å². The Kier molecular flexibility index (Phi) is 4.23. The topological polar surface area (TPSA) is 68.7 Å². The fourth-order valence-corrected chi connectivity index (χ4v) is 1.31. The van der Waals surface area contributed by atoms with E-state index < -0.39 is 23.9 Å². The first-order valence-electron chi connectivity index (χ1n) is 4.41. The van der Waals surface area contributed by atoms with E-state index in [4.69, 9.17) is 21.4 Å². The molecule has 1 aromatic heterocycles. The van der Waals surface area contributed by atoms with Crippen LogP contribution in [0.25, 0.3) is 0 Å². The molecule has 0 aromatic carbocycles. The third-order valence-corrected chi connectivity index (χ3v) is 2.09. The second kappa shape index (κ2) is 5.30. The lowest BCUT2D eigenvalue weighted by Crippen LogP contribution is -2.20. The molecule has 0 aliphatic heterocycles. The fraction of sp³-hybridized carbons (Fsp3) is 0.333. The van der Waals surface area contributed by atoms with E-state index in [9.17, 15) is 18.0 Å². The van der Waals surface area contributed by atoms with E-state index in [1.165, 1.54) is 0 Å². The van der Waals surface area contributed by atoms with Crippen molar-refractivity contribution >= 4 is 17.6 Å². The number of aromatic carboxylic acids is 1. The van der Waals surface area contributed by atoms with Crippen LogP contribution in [0, 0.1) is 0 Å². The van der Waals surface area contributed by atoms with Crippen molar-refractivity contribution in [2.75, 3.05) is 7.11 Å². The Hall–Kier alpha value is -1.70. The molecule has 5 nitrogen and oxygen atoms in total. The van der Waals surface area contributed by atoms with Crippen LogP contribution >= 0.6 is 11.6 Å². The molecule has 0 saturated heterocycles. The number of methoxy groups -OCH3 is 1. The van der Waals surface area contributed by atoms with Gasteiger partial charge in [-0.25, -0.2) is 9.78 Å². The molecule has 0 radical (unpaired) electrons. The second-order valence-electron chi connectivity index (χ2n) is 2.99. The van der Waals surface area contributed by atoms with Gasteiger partial charge in [-0.15, -0.1) is 24.8 Å². The monoisotopic (exact) mass is 285 g/mol. The Morgan fingerprint density at radius 3 is 2.56 bits per heavy atom. The minimum atomic E-state index is -4.99. The zero-order valence-corrected chi connectivity index (χ0v) is 9.67. The smallest absolute Gasteiger partial charge is 0.494 e. The Morgan fingerprint density at radius 2 is 2.17 bits per heavy atom. The minimum Gasteiger partial charge on any atom is -0.494 e. The van der Waals surface area contributed by atoms with Gasteiger partial charge in [-0.2, -0.15) is 0 Å². The summed E-state index contributed by atoms with van der Waals surface area (Å²) in [6.45, 7) is 0. The van der Waals surface area contributed by atoms with Gasteiger partial charge >= 0.3 is 12.3 Å². The molecule has 0 saturated carbocycles.